The molecular formula is C19H27NO5. The number of hydrogen-bond donors (Lipinski definition) is 1. The van der Waals surface area contributed by atoms with Gasteiger partial charge in [-0.1, -0.05) is 18.9 Å². The second kappa shape index (κ2) is 9.30. The van der Waals surface area contributed by atoms with Crippen LogP contribution in [0.5, 0.6) is 11.5 Å². The maximum atomic E-state index is 12.1. The zero-order valence-electron chi connectivity index (χ0n) is 15.2. The monoisotopic (exact) mass is 349 g/mol. The van der Waals surface area contributed by atoms with Crippen molar-refractivity contribution in [2.45, 2.75) is 51.0 Å². The van der Waals surface area contributed by atoms with Crippen molar-refractivity contribution in [3.8, 4) is 11.5 Å². The highest BCUT2D eigenvalue weighted by molar-refractivity contribution is 5.94. The van der Waals surface area contributed by atoms with E-state index in [4.69, 9.17) is 14.2 Å². The number of nitrogens with one attached hydrogen (secondary N) is 1. The summed E-state index contributed by atoms with van der Waals surface area (Å²) in [5.74, 6) is 0.793. The van der Waals surface area contributed by atoms with Crippen LogP contribution in [0.25, 0.3) is 0 Å². The summed E-state index contributed by atoms with van der Waals surface area (Å²) in [6.45, 7) is 2.01. The van der Waals surface area contributed by atoms with Crippen LogP contribution in [-0.2, 0) is 14.3 Å². The number of benzene rings is 1. The fraction of sp³-hybridized carbons (Fsp3) is 0.579. The molecule has 0 spiro atoms. The SMILES string of the molecule is CCOC(=O)CC(=O)N[C@H]1CCCC[C@H]1c1ccc(OC)c(OC)c1. The minimum absolute atomic E-state index is 0.00813. The molecule has 0 aromatic heterocycles. The maximum Gasteiger partial charge on any atom is 0.315 e. The van der Waals surface area contributed by atoms with Gasteiger partial charge in [0.05, 0.1) is 20.8 Å². The van der Waals surface area contributed by atoms with Gasteiger partial charge in [0.15, 0.2) is 11.5 Å². The molecule has 25 heavy (non-hydrogen) atoms. The molecule has 2 rings (SSSR count). The highest BCUT2D eigenvalue weighted by atomic mass is 16.5. The van der Waals surface area contributed by atoms with Crippen molar-refractivity contribution in [1.82, 2.24) is 5.32 Å². The molecule has 0 heterocycles. The van der Waals surface area contributed by atoms with Crippen molar-refractivity contribution in [3.05, 3.63) is 23.8 Å². The first-order valence-corrected chi connectivity index (χ1v) is 8.76. The smallest absolute Gasteiger partial charge is 0.315 e. The second-order valence-corrected chi connectivity index (χ2v) is 6.16. The highest BCUT2D eigenvalue weighted by Gasteiger charge is 2.29. The molecule has 1 aromatic carbocycles. The third-order valence-electron chi connectivity index (χ3n) is 4.56. The first-order valence-electron chi connectivity index (χ1n) is 8.76. The summed E-state index contributed by atoms with van der Waals surface area (Å²) in [6.07, 6.45) is 3.83. The molecule has 0 saturated heterocycles. The van der Waals surface area contributed by atoms with Gasteiger partial charge in [-0.3, -0.25) is 9.59 Å². The van der Waals surface area contributed by atoms with E-state index in [2.05, 4.69) is 5.32 Å². The molecule has 1 N–H and O–H groups in total. The quantitative estimate of drug-likeness (QED) is 0.605. The molecule has 0 radical (unpaired) electrons. The number of hydrogen-bond acceptors (Lipinski definition) is 5. The summed E-state index contributed by atoms with van der Waals surface area (Å²) in [6, 6.07) is 5.88. The van der Waals surface area contributed by atoms with Crippen molar-refractivity contribution in [1.29, 1.82) is 0 Å². The number of carbonyl (C=O) groups excluding carboxylic acids is 2. The topological polar surface area (TPSA) is 73.9 Å². The van der Waals surface area contributed by atoms with Crippen LogP contribution in [0.15, 0.2) is 18.2 Å². The molecule has 138 valence electrons. The zero-order valence-corrected chi connectivity index (χ0v) is 15.2. The van der Waals surface area contributed by atoms with Crippen molar-refractivity contribution in [2.75, 3.05) is 20.8 Å². The van der Waals surface area contributed by atoms with Gasteiger partial charge < -0.3 is 19.5 Å². The Morgan fingerprint density at radius 3 is 2.52 bits per heavy atom. The van der Waals surface area contributed by atoms with Gasteiger partial charge in [0.25, 0.3) is 0 Å². The molecule has 0 unspecified atom stereocenters. The van der Waals surface area contributed by atoms with Gasteiger partial charge >= 0.3 is 5.97 Å². The predicted octanol–water partition coefficient (Wildman–Crippen LogP) is 2.80. The zero-order chi connectivity index (χ0) is 18.2. The number of carbonyl (C=O) groups is 2. The Kier molecular flexibility index (Phi) is 7.10. The van der Waals surface area contributed by atoms with Crippen LogP contribution in [0.2, 0.25) is 0 Å². The van der Waals surface area contributed by atoms with Gasteiger partial charge in [0.1, 0.15) is 6.42 Å². The first kappa shape index (κ1) is 19.1. The average Bonchev–Trinajstić information content (AvgIpc) is 2.61. The van der Waals surface area contributed by atoms with Crippen molar-refractivity contribution >= 4 is 11.9 Å². The van der Waals surface area contributed by atoms with E-state index in [0.29, 0.717) is 11.5 Å². The molecule has 1 amide bonds. The Morgan fingerprint density at radius 1 is 1.12 bits per heavy atom. The number of ether oxygens (including phenoxy) is 3. The second-order valence-electron chi connectivity index (χ2n) is 6.16. The molecule has 1 fully saturated rings. The summed E-state index contributed by atoms with van der Waals surface area (Å²) >= 11 is 0. The van der Waals surface area contributed by atoms with Gasteiger partial charge in [0.2, 0.25) is 5.91 Å². The molecule has 1 aliphatic carbocycles. The van der Waals surface area contributed by atoms with Crippen LogP contribution >= 0.6 is 0 Å². The van der Waals surface area contributed by atoms with Gasteiger partial charge in [-0.25, -0.2) is 0 Å². The summed E-state index contributed by atoms with van der Waals surface area (Å²) in [7, 11) is 3.22. The Labute approximate surface area is 148 Å². The van der Waals surface area contributed by atoms with E-state index in [1.165, 1.54) is 0 Å². The number of rotatable bonds is 7. The lowest BCUT2D eigenvalue weighted by Crippen LogP contribution is -2.41. The van der Waals surface area contributed by atoms with E-state index >= 15 is 0 Å². The molecule has 0 aliphatic heterocycles. The first-order chi connectivity index (χ1) is 12.1. The van der Waals surface area contributed by atoms with Crippen LogP contribution in [0.1, 0.15) is 50.5 Å². The van der Waals surface area contributed by atoms with E-state index in [-0.39, 0.29) is 30.9 Å². The molecule has 1 aromatic rings. The lowest BCUT2D eigenvalue weighted by atomic mass is 9.80. The third kappa shape index (κ3) is 5.11. The largest absolute Gasteiger partial charge is 0.493 e. The van der Waals surface area contributed by atoms with Crippen LogP contribution in [0.3, 0.4) is 0 Å². The number of methoxy groups -OCH3 is 2. The maximum absolute atomic E-state index is 12.1. The molecule has 1 aliphatic rings. The molecule has 2 atom stereocenters. The molecule has 1 saturated carbocycles. The van der Waals surface area contributed by atoms with Gasteiger partial charge in [-0.15, -0.1) is 0 Å². The minimum atomic E-state index is -0.488. The van der Waals surface area contributed by atoms with Crippen LogP contribution in [-0.4, -0.2) is 38.7 Å². The van der Waals surface area contributed by atoms with E-state index in [1.54, 1.807) is 21.1 Å². The van der Waals surface area contributed by atoms with Crippen LogP contribution < -0.4 is 14.8 Å². The van der Waals surface area contributed by atoms with Gasteiger partial charge in [-0.05, 0) is 37.5 Å². The average molecular weight is 349 g/mol. The number of esters is 1. The highest BCUT2D eigenvalue weighted by Crippen LogP contribution is 2.37. The molecule has 0 bridgehead atoms. The van der Waals surface area contributed by atoms with Gasteiger partial charge in [-0.2, -0.15) is 0 Å². The summed E-state index contributed by atoms with van der Waals surface area (Å²) in [4.78, 5) is 23.6. The molecule has 6 nitrogen and oxygen atoms in total. The van der Waals surface area contributed by atoms with E-state index < -0.39 is 5.97 Å². The van der Waals surface area contributed by atoms with Crippen LogP contribution in [0, 0.1) is 0 Å². The van der Waals surface area contributed by atoms with Crippen molar-refractivity contribution in [3.63, 3.8) is 0 Å². The number of amides is 1. The Hall–Kier alpha value is -2.24. The van der Waals surface area contributed by atoms with E-state index in [9.17, 15) is 9.59 Å². The summed E-state index contributed by atoms with van der Waals surface area (Å²) in [5.41, 5.74) is 1.11. The summed E-state index contributed by atoms with van der Waals surface area (Å²) < 4.78 is 15.5. The Morgan fingerprint density at radius 2 is 1.84 bits per heavy atom. The predicted molar refractivity (Wildman–Crippen MR) is 93.9 cm³/mol. The fourth-order valence-electron chi connectivity index (χ4n) is 3.39. The van der Waals surface area contributed by atoms with Crippen molar-refractivity contribution < 1.29 is 23.8 Å². The lowest BCUT2D eigenvalue weighted by molar-refractivity contribution is -0.146. The normalized spacial score (nSPS) is 19.8. The standard InChI is InChI=1S/C19H27NO5/c1-4-25-19(22)12-18(21)20-15-8-6-5-7-14(15)13-9-10-16(23-2)17(11-13)24-3/h9-11,14-15H,4-8,12H2,1-3H3,(H,20,21)/t14-,15-/m0/s1. The van der Waals surface area contributed by atoms with Crippen molar-refractivity contribution in [2.24, 2.45) is 0 Å². The van der Waals surface area contributed by atoms with E-state index in [1.807, 2.05) is 18.2 Å². The van der Waals surface area contributed by atoms with Gasteiger partial charge in [0, 0.05) is 12.0 Å². The molecular weight excluding hydrogens is 322 g/mol. The Balaban J connectivity index is 2.10. The Bertz CT molecular complexity index is 601. The van der Waals surface area contributed by atoms with E-state index in [0.717, 1.165) is 31.2 Å². The fourth-order valence-corrected chi connectivity index (χ4v) is 3.39. The third-order valence-corrected chi connectivity index (χ3v) is 4.56. The summed E-state index contributed by atoms with van der Waals surface area (Å²) in [5, 5.41) is 3.01. The molecule has 6 heteroatoms. The minimum Gasteiger partial charge on any atom is -0.493 e. The van der Waals surface area contributed by atoms with Crippen LogP contribution in [0.4, 0.5) is 0 Å². The lowest BCUT2D eigenvalue weighted by Gasteiger charge is -2.32.